The molecule has 116 valence electrons. The van der Waals surface area contributed by atoms with E-state index in [1.807, 2.05) is 39.0 Å². The van der Waals surface area contributed by atoms with Crippen LogP contribution in [-0.2, 0) is 13.1 Å². The molecule has 0 bridgehead atoms. The fourth-order valence-electron chi connectivity index (χ4n) is 2.46. The van der Waals surface area contributed by atoms with E-state index < -0.39 is 12.2 Å². The standard InChI is InChI=1S/C16H24N2O3/c1-4-12(19)9-17-14-7-6-11(3)8-15(14)18(16(17)21)10-13(20)5-2/h6-8,12-13,19-20H,4-5,9-10H2,1-3H3. The van der Waals surface area contributed by atoms with E-state index in [2.05, 4.69) is 0 Å². The van der Waals surface area contributed by atoms with Gasteiger partial charge in [-0.05, 0) is 37.5 Å². The van der Waals surface area contributed by atoms with Crippen molar-refractivity contribution in [3.8, 4) is 0 Å². The average molecular weight is 292 g/mol. The highest BCUT2D eigenvalue weighted by atomic mass is 16.3. The first kappa shape index (κ1) is 15.8. The molecule has 2 unspecified atom stereocenters. The van der Waals surface area contributed by atoms with Crippen LogP contribution in [0.5, 0.6) is 0 Å². The van der Waals surface area contributed by atoms with Gasteiger partial charge < -0.3 is 10.2 Å². The quantitative estimate of drug-likeness (QED) is 0.851. The van der Waals surface area contributed by atoms with Gasteiger partial charge in [-0.3, -0.25) is 9.13 Å². The number of nitrogens with zero attached hydrogens (tertiary/aromatic N) is 2. The van der Waals surface area contributed by atoms with Gasteiger partial charge in [-0.2, -0.15) is 0 Å². The number of fused-ring (bicyclic) bond motifs is 1. The normalized spacial score (nSPS) is 14.5. The SMILES string of the molecule is CCC(O)Cn1c(=O)n(CC(O)CC)c2cc(C)ccc21. The molecule has 0 amide bonds. The van der Waals surface area contributed by atoms with Gasteiger partial charge in [0.05, 0.1) is 36.3 Å². The van der Waals surface area contributed by atoms with Gasteiger partial charge in [0.15, 0.2) is 0 Å². The molecule has 0 aliphatic rings. The molecule has 0 aliphatic heterocycles. The van der Waals surface area contributed by atoms with Crippen molar-refractivity contribution in [2.75, 3.05) is 0 Å². The van der Waals surface area contributed by atoms with Crippen LogP contribution in [0.1, 0.15) is 32.3 Å². The van der Waals surface area contributed by atoms with Gasteiger partial charge in [0, 0.05) is 0 Å². The lowest BCUT2D eigenvalue weighted by atomic mass is 10.2. The predicted octanol–water partition coefficient (Wildman–Crippen LogP) is 1.65. The van der Waals surface area contributed by atoms with E-state index in [9.17, 15) is 15.0 Å². The molecule has 21 heavy (non-hydrogen) atoms. The maximum atomic E-state index is 12.6. The van der Waals surface area contributed by atoms with E-state index in [-0.39, 0.29) is 18.8 Å². The zero-order valence-electron chi connectivity index (χ0n) is 12.9. The Morgan fingerprint density at radius 3 is 2.05 bits per heavy atom. The third kappa shape index (κ3) is 3.19. The fraction of sp³-hybridized carbons (Fsp3) is 0.562. The maximum Gasteiger partial charge on any atom is 0.329 e. The Morgan fingerprint density at radius 2 is 1.52 bits per heavy atom. The monoisotopic (exact) mass is 292 g/mol. The van der Waals surface area contributed by atoms with Crippen molar-refractivity contribution in [2.45, 2.75) is 58.9 Å². The molecule has 0 saturated carbocycles. The van der Waals surface area contributed by atoms with Crippen LogP contribution >= 0.6 is 0 Å². The van der Waals surface area contributed by atoms with Gasteiger partial charge in [-0.1, -0.05) is 19.9 Å². The Bertz CT molecular complexity index is 672. The summed E-state index contributed by atoms with van der Waals surface area (Å²) in [5.74, 6) is 0. The van der Waals surface area contributed by atoms with Crippen LogP contribution in [0.2, 0.25) is 0 Å². The minimum absolute atomic E-state index is 0.171. The van der Waals surface area contributed by atoms with E-state index >= 15 is 0 Å². The van der Waals surface area contributed by atoms with Gasteiger partial charge >= 0.3 is 5.69 Å². The van der Waals surface area contributed by atoms with E-state index in [0.29, 0.717) is 12.8 Å². The summed E-state index contributed by atoms with van der Waals surface area (Å²) in [4.78, 5) is 12.6. The zero-order chi connectivity index (χ0) is 15.6. The van der Waals surface area contributed by atoms with E-state index in [0.717, 1.165) is 16.6 Å². The lowest BCUT2D eigenvalue weighted by Gasteiger charge is -2.09. The van der Waals surface area contributed by atoms with Crippen LogP contribution in [-0.4, -0.2) is 31.6 Å². The first-order chi connectivity index (χ1) is 9.97. The zero-order valence-corrected chi connectivity index (χ0v) is 12.9. The topological polar surface area (TPSA) is 67.4 Å². The average Bonchev–Trinajstić information content (AvgIpc) is 2.72. The molecule has 1 heterocycles. The summed E-state index contributed by atoms with van der Waals surface area (Å²) < 4.78 is 3.21. The number of aromatic nitrogens is 2. The Morgan fingerprint density at radius 1 is 1.00 bits per heavy atom. The van der Waals surface area contributed by atoms with Crippen LogP contribution in [0.15, 0.2) is 23.0 Å². The summed E-state index contributed by atoms with van der Waals surface area (Å²) in [5, 5.41) is 19.8. The molecule has 0 spiro atoms. The summed E-state index contributed by atoms with van der Waals surface area (Å²) in [6.45, 7) is 6.32. The Labute approximate surface area is 124 Å². The number of aliphatic hydroxyl groups excluding tert-OH is 2. The van der Waals surface area contributed by atoms with Crippen molar-refractivity contribution in [3.63, 3.8) is 0 Å². The predicted molar refractivity (Wildman–Crippen MR) is 83.5 cm³/mol. The molecule has 0 saturated heterocycles. The first-order valence-corrected chi connectivity index (χ1v) is 7.53. The highest BCUT2D eigenvalue weighted by molar-refractivity contribution is 5.77. The Balaban J connectivity index is 2.58. The van der Waals surface area contributed by atoms with Crippen LogP contribution in [0, 0.1) is 6.92 Å². The minimum atomic E-state index is -0.543. The molecule has 1 aromatic heterocycles. The third-order valence-corrected chi connectivity index (χ3v) is 3.90. The molecule has 0 aliphatic carbocycles. The van der Waals surface area contributed by atoms with Crippen molar-refractivity contribution in [1.29, 1.82) is 0 Å². The van der Waals surface area contributed by atoms with Gasteiger partial charge in [0.1, 0.15) is 0 Å². The van der Waals surface area contributed by atoms with Crippen LogP contribution < -0.4 is 5.69 Å². The van der Waals surface area contributed by atoms with E-state index in [1.165, 1.54) is 0 Å². The summed E-state index contributed by atoms with van der Waals surface area (Å²) in [6, 6.07) is 5.81. The molecular weight excluding hydrogens is 268 g/mol. The molecule has 2 atom stereocenters. The molecule has 2 rings (SSSR count). The Kier molecular flexibility index (Phi) is 4.85. The van der Waals surface area contributed by atoms with Gasteiger partial charge in [0.25, 0.3) is 0 Å². The molecule has 1 aromatic carbocycles. The van der Waals surface area contributed by atoms with Crippen molar-refractivity contribution in [2.24, 2.45) is 0 Å². The molecule has 5 nitrogen and oxygen atoms in total. The highest BCUT2D eigenvalue weighted by Gasteiger charge is 2.17. The smallest absolute Gasteiger partial charge is 0.329 e. The number of benzene rings is 1. The van der Waals surface area contributed by atoms with Crippen LogP contribution in [0.4, 0.5) is 0 Å². The number of rotatable bonds is 6. The molecule has 0 fully saturated rings. The number of hydrogen-bond acceptors (Lipinski definition) is 3. The van der Waals surface area contributed by atoms with Crippen molar-refractivity contribution >= 4 is 11.0 Å². The second-order valence-electron chi connectivity index (χ2n) is 5.62. The van der Waals surface area contributed by atoms with Crippen LogP contribution in [0.25, 0.3) is 11.0 Å². The van der Waals surface area contributed by atoms with Gasteiger partial charge in [-0.25, -0.2) is 4.79 Å². The summed E-state index contributed by atoms with van der Waals surface area (Å²) in [7, 11) is 0. The summed E-state index contributed by atoms with van der Waals surface area (Å²) >= 11 is 0. The highest BCUT2D eigenvalue weighted by Crippen LogP contribution is 2.17. The number of imidazole rings is 1. The summed E-state index contributed by atoms with van der Waals surface area (Å²) in [6.07, 6.45) is 0.114. The molecule has 2 aromatic rings. The number of aryl methyl sites for hydroxylation is 1. The van der Waals surface area contributed by atoms with Gasteiger partial charge in [-0.15, -0.1) is 0 Å². The van der Waals surface area contributed by atoms with E-state index in [1.54, 1.807) is 9.13 Å². The lowest BCUT2D eigenvalue weighted by Crippen LogP contribution is -2.31. The number of hydrogen-bond donors (Lipinski definition) is 2. The first-order valence-electron chi connectivity index (χ1n) is 7.53. The number of aliphatic hydroxyl groups is 2. The second-order valence-corrected chi connectivity index (χ2v) is 5.62. The largest absolute Gasteiger partial charge is 0.391 e. The maximum absolute atomic E-state index is 12.6. The molecule has 5 heteroatoms. The lowest BCUT2D eigenvalue weighted by molar-refractivity contribution is 0.144. The van der Waals surface area contributed by atoms with Crippen molar-refractivity contribution in [1.82, 2.24) is 9.13 Å². The Hall–Kier alpha value is -1.59. The molecule has 0 radical (unpaired) electrons. The van der Waals surface area contributed by atoms with Gasteiger partial charge in [0.2, 0.25) is 0 Å². The second kappa shape index (κ2) is 6.45. The minimum Gasteiger partial charge on any atom is -0.391 e. The van der Waals surface area contributed by atoms with E-state index in [4.69, 9.17) is 0 Å². The fourth-order valence-corrected chi connectivity index (χ4v) is 2.46. The third-order valence-electron chi connectivity index (χ3n) is 3.90. The van der Waals surface area contributed by atoms with Crippen molar-refractivity contribution in [3.05, 3.63) is 34.2 Å². The summed E-state index contributed by atoms with van der Waals surface area (Å²) in [5.41, 5.74) is 2.52. The van der Waals surface area contributed by atoms with Crippen LogP contribution in [0.3, 0.4) is 0 Å². The molecule has 2 N–H and O–H groups in total. The molecular formula is C16H24N2O3. The van der Waals surface area contributed by atoms with Crippen molar-refractivity contribution < 1.29 is 10.2 Å².